The second kappa shape index (κ2) is 18.0. The lowest BCUT2D eigenvalue weighted by molar-refractivity contribution is -0.126. The van der Waals surface area contributed by atoms with Gasteiger partial charge in [-0.2, -0.15) is 0 Å². The summed E-state index contributed by atoms with van der Waals surface area (Å²) in [6.07, 6.45) is 5.61. The number of rotatable bonds is 5. The molecule has 0 bridgehead atoms. The molecule has 0 saturated heterocycles. The van der Waals surface area contributed by atoms with Crippen LogP contribution in [0.25, 0.3) is 6.08 Å². The molecule has 0 unspecified atom stereocenters. The fourth-order valence-electron chi connectivity index (χ4n) is 2.03. The average molecular weight is 443 g/mol. The number of amides is 2. The molecule has 7 heteroatoms. The summed E-state index contributed by atoms with van der Waals surface area (Å²) in [5.41, 5.74) is 6.93. The summed E-state index contributed by atoms with van der Waals surface area (Å²) >= 11 is 10.1. The number of imide groups is 1. The van der Waals surface area contributed by atoms with E-state index in [1.54, 1.807) is 31.2 Å². The van der Waals surface area contributed by atoms with E-state index in [-0.39, 0.29) is 6.54 Å². The zero-order valence-corrected chi connectivity index (χ0v) is 19.2. The van der Waals surface area contributed by atoms with E-state index in [1.165, 1.54) is 0 Å². The molecular formula is C22H32Cl2N2O3. The average Bonchev–Trinajstić information content (AvgIpc) is 3.15. The lowest BCUT2D eigenvalue weighted by Gasteiger charge is -2.18. The highest BCUT2D eigenvalue weighted by Gasteiger charge is 2.26. The van der Waals surface area contributed by atoms with Crippen LogP contribution in [0.2, 0.25) is 0 Å². The van der Waals surface area contributed by atoms with Gasteiger partial charge in [-0.1, -0.05) is 32.9 Å². The van der Waals surface area contributed by atoms with Crippen molar-refractivity contribution in [3.8, 4) is 0 Å². The first-order chi connectivity index (χ1) is 13.9. The lowest BCUT2D eigenvalue weighted by atomic mass is 9.95. The number of allylic oxidation sites excluding steroid dienone is 2. The van der Waals surface area contributed by atoms with Gasteiger partial charge in [0.15, 0.2) is 0 Å². The zero-order valence-electron chi connectivity index (χ0n) is 17.7. The van der Waals surface area contributed by atoms with Crippen LogP contribution in [-0.2, 0) is 16.0 Å². The zero-order chi connectivity index (χ0) is 22.8. The van der Waals surface area contributed by atoms with Crippen molar-refractivity contribution >= 4 is 41.1 Å². The Morgan fingerprint density at radius 1 is 1.14 bits per heavy atom. The number of nitrogens with two attached hydrogens (primary N) is 1. The van der Waals surface area contributed by atoms with Gasteiger partial charge in [-0.15, -0.1) is 36.4 Å². The molecule has 0 spiro atoms. The van der Waals surface area contributed by atoms with Gasteiger partial charge >= 0.3 is 0 Å². The van der Waals surface area contributed by atoms with Crippen molar-refractivity contribution in [2.24, 2.45) is 5.73 Å². The van der Waals surface area contributed by atoms with Crippen molar-refractivity contribution < 1.29 is 14.0 Å². The molecule has 3 N–H and O–H groups in total. The number of halogens is 2. The molecule has 2 amide bonds. The van der Waals surface area contributed by atoms with Crippen molar-refractivity contribution in [2.45, 2.75) is 34.1 Å². The molecule has 0 saturated carbocycles. The Labute approximate surface area is 184 Å². The van der Waals surface area contributed by atoms with Gasteiger partial charge in [0, 0.05) is 35.9 Å². The van der Waals surface area contributed by atoms with Crippen molar-refractivity contribution in [1.82, 2.24) is 5.32 Å². The third-order valence-corrected chi connectivity index (χ3v) is 3.45. The summed E-state index contributed by atoms with van der Waals surface area (Å²) in [7, 11) is 0. The standard InChI is InChI=1S/C15H16N2O3.C3H5Cl.C2H5Cl.C2H6/c1-3-4-10-5-6-11(20-10)7-12-9(2)13(8-16)15(19)17-14(12)18;1-2-3-4;1-2-3;1-2/h3,5-7H,1,4,8,16H2,2H3,(H,17,18,19);2H,1,3H2;2H2,1H3;1-2H3/b12-7-;;;. The quantitative estimate of drug-likeness (QED) is 0.290. The normalized spacial score (nSPS) is 13.8. The van der Waals surface area contributed by atoms with E-state index in [1.807, 2.05) is 26.8 Å². The van der Waals surface area contributed by atoms with Gasteiger partial charge in [-0.25, -0.2) is 0 Å². The van der Waals surface area contributed by atoms with Crippen molar-refractivity contribution in [1.29, 1.82) is 0 Å². The van der Waals surface area contributed by atoms with Crippen LogP contribution in [0.15, 0.2) is 58.6 Å². The summed E-state index contributed by atoms with van der Waals surface area (Å²) in [5, 5.41) is 2.27. The predicted octanol–water partition coefficient (Wildman–Crippen LogP) is 5.01. The van der Waals surface area contributed by atoms with Crippen LogP contribution in [0, 0.1) is 0 Å². The van der Waals surface area contributed by atoms with Crippen LogP contribution in [-0.4, -0.2) is 30.1 Å². The van der Waals surface area contributed by atoms with Gasteiger partial charge in [0.25, 0.3) is 11.8 Å². The molecule has 0 aromatic carbocycles. The van der Waals surface area contributed by atoms with Gasteiger partial charge in [-0.05, 0) is 30.7 Å². The number of hydrogen-bond donors (Lipinski definition) is 2. The number of alkyl halides is 2. The third-order valence-electron chi connectivity index (χ3n) is 3.23. The number of furan rings is 1. The summed E-state index contributed by atoms with van der Waals surface area (Å²) in [5.74, 6) is 1.72. The van der Waals surface area contributed by atoms with Crippen molar-refractivity contribution in [3.05, 3.63) is 65.7 Å². The molecule has 162 valence electrons. The summed E-state index contributed by atoms with van der Waals surface area (Å²) in [6.45, 7) is 14.7. The second-order valence-electron chi connectivity index (χ2n) is 5.16. The smallest absolute Gasteiger partial charge is 0.258 e. The van der Waals surface area contributed by atoms with E-state index >= 15 is 0 Å². The van der Waals surface area contributed by atoms with Crippen LogP contribution in [0.3, 0.4) is 0 Å². The highest BCUT2D eigenvalue weighted by atomic mass is 35.5. The maximum atomic E-state index is 11.9. The minimum atomic E-state index is -0.439. The van der Waals surface area contributed by atoms with Gasteiger partial charge in [0.1, 0.15) is 11.5 Å². The third kappa shape index (κ3) is 10.9. The van der Waals surface area contributed by atoms with Crippen LogP contribution < -0.4 is 11.1 Å². The molecule has 5 nitrogen and oxygen atoms in total. The minimum Gasteiger partial charge on any atom is -0.461 e. The Morgan fingerprint density at radius 2 is 1.69 bits per heavy atom. The molecule has 2 rings (SSSR count). The number of carbonyl (C=O) groups is 2. The SMILES string of the molecule is C=CCCl.C=CCc1ccc(/C=C2\C(=O)NC(=O)C(CN)=C2C)o1.CC.CCCl. The molecule has 1 aromatic rings. The highest BCUT2D eigenvalue weighted by molar-refractivity contribution is 6.19. The van der Waals surface area contributed by atoms with Crippen LogP contribution in [0.5, 0.6) is 0 Å². The van der Waals surface area contributed by atoms with Crippen molar-refractivity contribution in [3.63, 3.8) is 0 Å². The van der Waals surface area contributed by atoms with E-state index in [4.69, 9.17) is 33.4 Å². The molecule has 1 aliphatic heterocycles. The molecule has 1 aromatic heterocycles. The molecule has 29 heavy (non-hydrogen) atoms. The van der Waals surface area contributed by atoms with Crippen molar-refractivity contribution in [2.75, 3.05) is 18.3 Å². The van der Waals surface area contributed by atoms with E-state index in [2.05, 4.69) is 18.5 Å². The molecule has 1 aliphatic rings. The minimum absolute atomic E-state index is 0.0855. The van der Waals surface area contributed by atoms with E-state index in [0.29, 0.717) is 34.8 Å². The number of nitrogens with one attached hydrogen (secondary N) is 1. The summed E-state index contributed by atoms with van der Waals surface area (Å²) < 4.78 is 5.55. The van der Waals surface area contributed by atoms with Gasteiger partial charge in [0.05, 0.1) is 0 Å². The van der Waals surface area contributed by atoms with Gasteiger partial charge < -0.3 is 10.2 Å². The Hall–Kier alpha value is -2.08. The van der Waals surface area contributed by atoms with E-state index in [0.717, 1.165) is 11.6 Å². The maximum Gasteiger partial charge on any atom is 0.258 e. The first-order valence-corrected chi connectivity index (χ1v) is 10.4. The van der Waals surface area contributed by atoms with Crippen LogP contribution in [0.1, 0.15) is 39.2 Å². The van der Waals surface area contributed by atoms with E-state index < -0.39 is 11.8 Å². The summed E-state index contributed by atoms with van der Waals surface area (Å²) in [4.78, 5) is 23.5. The van der Waals surface area contributed by atoms with Gasteiger partial charge in [-0.3, -0.25) is 14.9 Å². The molecule has 0 fully saturated rings. The Bertz CT molecular complexity index is 719. The molecule has 2 heterocycles. The maximum absolute atomic E-state index is 11.9. The largest absolute Gasteiger partial charge is 0.461 e. The number of hydrogen-bond acceptors (Lipinski definition) is 4. The second-order valence-corrected chi connectivity index (χ2v) is 6.00. The Kier molecular flexibility index (Phi) is 18.1. The van der Waals surface area contributed by atoms with E-state index in [9.17, 15) is 9.59 Å². The monoisotopic (exact) mass is 442 g/mol. The molecule has 0 radical (unpaired) electrons. The van der Waals surface area contributed by atoms with Gasteiger partial charge in [0.2, 0.25) is 0 Å². The Morgan fingerprint density at radius 3 is 2.14 bits per heavy atom. The summed E-state index contributed by atoms with van der Waals surface area (Å²) in [6, 6.07) is 3.59. The van der Waals surface area contributed by atoms with Crippen LogP contribution in [0.4, 0.5) is 0 Å². The first-order valence-electron chi connectivity index (χ1n) is 9.29. The lowest BCUT2D eigenvalue weighted by Crippen LogP contribution is -2.39. The topological polar surface area (TPSA) is 85.3 Å². The fourth-order valence-corrected chi connectivity index (χ4v) is 2.03. The predicted molar refractivity (Wildman–Crippen MR) is 124 cm³/mol. The fraction of sp³-hybridized carbons (Fsp3) is 0.364. The molecule has 0 aliphatic carbocycles. The molecular weight excluding hydrogens is 411 g/mol. The first kappa shape index (κ1) is 29.1. The highest BCUT2D eigenvalue weighted by Crippen LogP contribution is 2.22. The Balaban J connectivity index is 0. The number of carbonyl (C=O) groups excluding carboxylic acids is 2. The molecule has 0 atom stereocenters. The van der Waals surface area contributed by atoms with Crippen LogP contribution >= 0.6 is 23.2 Å².